The van der Waals surface area contributed by atoms with E-state index in [4.69, 9.17) is 5.73 Å². The van der Waals surface area contributed by atoms with Gasteiger partial charge in [-0.15, -0.1) is 0 Å². The Hall–Kier alpha value is -2.63. The number of nitrogens with one attached hydrogen (secondary N) is 2. The van der Waals surface area contributed by atoms with Crippen molar-refractivity contribution >= 4 is 23.1 Å². The molecule has 6 heteroatoms. The summed E-state index contributed by atoms with van der Waals surface area (Å²) < 4.78 is 26.9. The number of urea groups is 1. The standard InChI is InChI=1S/C14H13F2N3O/c1-8-5-12(16)13(7-11(8)15)19-14(20)18-10-4-2-3-9(17)6-10/h2-7H,17H2,1H3,(H2,18,19,20). The first-order chi connectivity index (χ1) is 9.45. The molecule has 4 N–H and O–H groups in total. The summed E-state index contributed by atoms with van der Waals surface area (Å²) in [6, 6.07) is 7.77. The minimum absolute atomic E-state index is 0.171. The highest BCUT2D eigenvalue weighted by molar-refractivity contribution is 6.00. The Labute approximate surface area is 114 Å². The van der Waals surface area contributed by atoms with Gasteiger partial charge < -0.3 is 16.4 Å². The van der Waals surface area contributed by atoms with Crippen LogP contribution in [-0.4, -0.2) is 6.03 Å². The minimum atomic E-state index is -0.702. The lowest BCUT2D eigenvalue weighted by atomic mass is 10.2. The number of rotatable bonds is 2. The second-order valence-electron chi connectivity index (χ2n) is 4.29. The maximum absolute atomic E-state index is 13.6. The van der Waals surface area contributed by atoms with Gasteiger partial charge in [-0.2, -0.15) is 0 Å². The molecule has 0 spiro atoms. The van der Waals surface area contributed by atoms with Crippen molar-refractivity contribution in [3.63, 3.8) is 0 Å². The monoisotopic (exact) mass is 277 g/mol. The number of hydrogen-bond donors (Lipinski definition) is 3. The molecule has 0 radical (unpaired) electrons. The molecule has 0 unspecified atom stereocenters. The van der Waals surface area contributed by atoms with E-state index in [0.717, 1.165) is 12.1 Å². The van der Waals surface area contributed by atoms with Gasteiger partial charge in [-0.3, -0.25) is 0 Å². The van der Waals surface area contributed by atoms with E-state index in [-0.39, 0.29) is 11.3 Å². The number of benzene rings is 2. The summed E-state index contributed by atoms with van der Waals surface area (Å²) >= 11 is 0. The molecule has 0 atom stereocenters. The fraction of sp³-hybridized carbons (Fsp3) is 0.0714. The quantitative estimate of drug-likeness (QED) is 0.735. The van der Waals surface area contributed by atoms with E-state index in [9.17, 15) is 13.6 Å². The maximum atomic E-state index is 13.6. The SMILES string of the molecule is Cc1cc(F)c(NC(=O)Nc2cccc(N)c2)cc1F. The van der Waals surface area contributed by atoms with Crippen molar-refractivity contribution in [2.75, 3.05) is 16.4 Å². The smallest absolute Gasteiger partial charge is 0.323 e. The van der Waals surface area contributed by atoms with Crippen LogP contribution in [0.4, 0.5) is 30.6 Å². The summed E-state index contributed by atoms with van der Waals surface area (Å²) in [6.45, 7) is 1.44. The van der Waals surface area contributed by atoms with Crippen molar-refractivity contribution in [1.82, 2.24) is 0 Å². The van der Waals surface area contributed by atoms with Crippen LogP contribution in [0, 0.1) is 18.6 Å². The number of halogens is 2. The summed E-state index contributed by atoms with van der Waals surface area (Å²) in [7, 11) is 0. The van der Waals surface area contributed by atoms with Crippen LogP contribution >= 0.6 is 0 Å². The van der Waals surface area contributed by atoms with Crippen LogP contribution in [0.2, 0.25) is 0 Å². The summed E-state index contributed by atoms with van der Waals surface area (Å²) in [5.41, 5.74) is 6.45. The lowest BCUT2D eigenvalue weighted by Gasteiger charge is -2.09. The van der Waals surface area contributed by atoms with Gasteiger partial charge in [0.15, 0.2) is 0 Å². The molecule has 4 nitrogen and oxygen atoms in total. The molecular weight excluding hydrogens is 264 g/mol. The lowest BCUT2D eigenvalue weighted by molar-refractivity contribution is 0.262. The van der Waals surface area contributed by atoms with E-state index < -0.39 is 17.7 Å². The first kappa shape index (κ1) is 13.8. The molecular formula is C14H13F2N3O. The highest BCUT2D eigenvalue weighted by Gasteiger charge is 2.10. The van der Waals surface area contributed by atoms with Crippen LogP contribution < -0.4 is 16.4 Å². The van der Waals surface area contributed by atoms with Crippen LogP contribution in [0.15, 0.2) is 36.4 Å². The molecule has 104 valence electrons. The van der Waals surface area contributed by atoms with Crippen molar-refractivity contribution in [2.45, 2.75) is 6.92 Å². The van der Waals surface area contributed by atoms with Crippen molar-refractivity contribution in [3.8, 4) is 0 Å². The zero-order valence-corrected chi connectivity index (χ0v) is 10.7. The highest BCUT2D eigenvalue weighted by atomic mass is 19.1. The Morgan fingerprint density at radius 2 is 1.85 bits per heavy atom. The van der Waals surface area contributed by atoms with Gasteiger partial charge >= 0.3 is 6.03 Å². The van der Waals surface area contributed by atoms with Gasteiger partial charge in [0.25, 0.3) is 0 Å². The molecule has 0 saturated heterocycles. The van der Waals surface area contributed by atoms with Crippen LogP contribution in [0.1, 0.15) is 5.56 Å². The molecule has 0 heterocycles. The van der Waals surface area contributed by atoms with Crippen LogP contribution in [0.25, 0.3) is 0 Å². The molecule has 0 aromatic heterocycles. The van der Waals surface area contributed by atoms with Gasteiger partial charge in [-0.25, -0.2) is 13.6 Å². The molecule has 0 aliphatic carbocycles. The minimum Gasteiger partial charge on any atom is -0.399 e. The molecule has 0 bridgehead atoms. The number of aryl methyl sites for hydroxylation is 1. The molecule has 0 fully saturated rings. The third-order valence-electron chi connectivity index (χ3n) is 2.64. The number of anilines is 3. The zero-order chi connectivity index (χ0) is 14.7. The summed E-state index contributed by atoms with van der Waals surface area (Å²) in [5.74, 6) is -1.29. The van der Waals surface area contributed by atoms with Gasteiger partial charge in [0.05, 0.1) is 5.69 Å². The Balaban J connectivity index is 2.10. The van der Waals surface area contributed by atoms with Crippen LogP contribution in [0.3, 0.4) is 0 Å². The van der Waals surface area contributed by atoms with Gasteiger partial charge in [0.1, 0.15) is 11.6 Å². The third kappa shape index (κ3) is 3.23. The Morgan fingerprint density at radius 1 is 1.10 bits per heavy atom. The average Bonchev–Trinajstić information content (AvgIpc) is 2.36. The topological polar surface area (TPSA) is 67.2 Å². The van der Waals surface area contributed by atoms with Gasteiger partial charge in [-0.1, -0.05) is 6.07 Å². The molecule has 2 rings (SSSR count). The number of nitrogens with two attached hydrogens (primary N) is 1. The third-order valence-corrected chi connectivity index (χ3v) is 2.64. The molecule has 2 amide bonds. The van der Waals surface area contributed by atoms with Crippen LogP contribution in [-0.2, 0) is 0 Å². The Kier molecular flexibility index (Phi) is 3.84. The number of hydrogen-bond acceptors (Lipinski definition) is 2. The van der Waals surface area contributed by atoms with Crippen LogP contribution in [0.5, 0.6) is 0 Å². The summed E-state index contributed by atoms with van der Waals surface area (Å²) in [5, 5.41) is 4.71. The van der Waals surface area contributed by atoms with Crippen molar-refractivity contribution in [3.05, 3.63) is 53.6 Å². The largest absolute Gasteiger partial charge is 0.399 e. The first-order valence-corrected chi connectivity index (χ1v) is 5.85. The highest BCUT2D eigenvalue weighted by Crippen LogP contribution is 2.19. The number of amides is 2. The zero-order valence-electron chi connectivity index (χ0n) is 10.7. The van der Waals surface area contributed by atoms with Gasteiger partial charge in [-0.05, 0) is 36.8 Å². The van der Waals surface area contributed by atoms with E-state index in [0.29, 0.717) is 11.4 Å². The lowest BCUT2D eigenvalue weighted by Crippen LogP contribution is -2.20. The summed E-state index contributed by atoms with van der Waals surface area (Å²) in [6.07, 6.45) is 0. The van der Waals surface area contributed by atoms with E-state index in [1.54, 1.807) is 24.3 Å². The van der Waals surface area contributed by atoms with Crippen molar-refractivity contribution < 1.29 is 13.6 Å². The van der Waals surface area contributed by atoms with Gasteiger partial charge in [0.2, 0.25) is 0 Å². The van der Waals surface area contributed by atoms with Crippen molar-refractivity contribution in [2.24, 2.45) is 0 Å². The normalized spacial score (nSPS) is 10.2. The predicted molar refractivity (Wildman–Crippen MR) is 74.6 cm³/mol. The molecule has 20 heavy (non-hydrogen) atoms. The van der Waals surface area contributed by atoms with E-state index in [2.05, 4.69) is 10.6 Å². The predicted octanol–water partition coefficient (Wildman–Crippen LogP) is 3.50. The van der Waals surface area contributed by atoms with Gasteiger partial charge in [0, 0.05) is 17.4 Å². The second-order valence-corrected chi connectivity index (χ2v) is 4.29. The number of nitrogen functional groups attached to an aromatic ring is 1. The fourth-order valence-electron chi connectivity index (χ4n) is 1.64. The number of carbonyl (C=O) groups excluding carboxylic acids is 1. The second kappa shape index (κ2) is 5.56. The van der Waals surface area contributed by atoms with Crippen molar-refractivity contribution in [1.29, 1.82) is 0 Å². The molecule has 0 saturated carbocycles. The van der Waals surface area contributed by atoms with E-state index >= 15 is 0 Å². The number of carbonyl (C=O) groups is 1. The molecule has 0 aliphatic heterocycles. The molecule has 2 aromatic carbocycles. The van der Waals surface area contributed by atoms with E-state index in [1.165, 1.54) is 6.92 Å². The Morgan fingerprint density at radius 3 is 2.55 bits per heavy atom. The van der Waals surface area contributed by atoms with E-state index in [1.807, 2.05) is 0 Å². The maximum Gasteiger partial charge on any atom is 0.323 e. The Bertz CT molecular complexity index is 659. The molecule has 2 aromatic rings. The molecule has 0 aliphatic rings. The first-order valence-electron chi connectivity index (χ1n) is 5.85. The summed E-state index contributed by atoms with van der Waals surface area (Å²) in [4.78, 5) is 11.7. The average molecular weight is 277 g/mol. The fourth-order valence-corrected chi connectivity index (χ4v) is 1.64.